The number of carbonyl (C=O) groups is 2. The molecule has 0 aromatic heterocycles. The molecule has 2 amide bonds. The Hall–Kier alpha value is -1.95. The molecule has 0 radical (unpaired) electrons. The molecule has 0 bridgehead atoms. The van der Waals surface area contributed by atoms with Gasteiger partial charge in [0.15, 0.2) is 8.32 Å². The predicted molar refractivity (Wildman–Crippen MR) is 129 cm³/mol. The third-order valence-corrected chi connectivity index (χ3v) is 10.9. The number of para-hydroxylation sites is 1. The highest BCUT2D eigenvalue weighted by molar-refractivity contribution is 7.99. The number of anilines is 1. The van der Waals surface area contributed by atoms with E-state index in [1.54, 1.807) is 20.8 Å². The zero-order valence-corrected chi connectivity index (χ0v) is 21.6. The monoisotopic (exact) mass is 462 g/mol. The number of hydrogen-bond acceptors (Lipinski definition) is 5. The highest BCUT2D eigenvalue weighted by Gasteiger charge is 2.36. The molecule has 2 rings (SSSR count). The number of fused-ring (bicyclic) bond motifs is 1. The highest BCUT2D eigenvalue weighted by Crippen LogP contribution is 2.36. The smallest absolute Gasteiger partial charge is 0.408 e. The van der Waals surface area contributed by atoms with E-state index < -0.39 is 26.1 Å². The van der Waals surface area contributed by atoms with Gasteiger partial charge in [0, 0.05) is 16.2 Å². The summed E-state index contributed by atoms with van der Waals surface area (Å²) in [6.07, 6.45) is -0.609. The molecule has 0 saturated carbocycles. The van der Waals surface area contributed by atoms with E-state index >= 15 is 0 Å². The van der Waals surface area contributed by atoms with E-state index in [4.69, 9.17) is 9.16 Å². The fourth-order valence-corrected chi connectivity index (χ4v) is 4.39. The average Bonchev–Trinajstić information content (AvgIpc) is 2.76. The lowest BCUT2D eigenvalue weighted by atomic mass is 10.1. The lowest BCUT2D eigenvalue weighted by molar-refractivity contribution is -0.117. The van der Waals surface area contributed by atoms with Crippen LogP contribution in [0.5, 0.6) is 0 Å². The summed E-state index contributed by atoms with van der Waals surface area (Å²) >= 11 is 1.50. The fraction of sp³-hybridized carbons (Fsp3) is 0.565. The summed E-state index contributed by atoms with van der Waals surface area (Å²) in [4.78, 5) is 25.8. The van der Waals surface area contributed by atoms with Crippen molar-refractivity contribution < 1.29 is 18.8 Å². The molecule has 1 atom stereocenters. The van der Waals surface area contributed by atoms with E-state index in [2.05, 4.69) is 56.3 Å². The van der Waals surface area contributed by atoms with E-state index in [-0.39, 0.29) is 10.9 Å². The van der Waals surface area contributed by atoms with Crippen molar-refractivity contribution in [3.05, 3.63) is 23.8 Å². The van der Waals surface area contributed by atoms with E-state index in [1.807, 2.05) is 18.2 Å². The van der Waals surface area contributed by atoms with Crippen LogP contribution in [0, 0.1) is 11.8 Å². The van der Waals surface area contributed by atoms with Crippen molar-refractivity contribution in [2.75, 3.05) is 17.7 Å². The standard InChI is InChI=1S/C23H34N2O4SSi/c1-22(2,3)29-21(27)24-17-15-30-18-13-9-11-16(19(18)25-20(17)26)12-10-14-28-31(7,8)23(4,5)6/h9,11,13,17H,14-15H2,1-8H3,(H,24,27)(H,25,26)/t17-/m0/s1. The zero-order chi connectivity index (χ0) is 23.4. The van der Waals surface area contributed by atoms with E-state index in [0.717, 1.165) is 10.5 Å². The molecule has 170 valence electrons. The Bertz CT molecular complexity index is 892. The first kappa shape index (κ1) is 25.3. The second-order valence-electron chi connectivity index (χ2n) is 10.0. The number of ether oxygens (including phenoxy) is 1. The minimum atomic E-state index is -1.86. The molecule has 6 nitrogen and oxygen atoms in total. The van der Waals surface area contributed by atoms with Crippen LogP contribution in [0.15, 0.2) is 23.1 Å². The third-order valence-electron chi connectivity index (χ3n) is 5.22. The topological polar surface area (TPSA) is 76.7 Å². The number of alkyl carbamates (subject to hydrolysis) is 1. The number of hydrogen-bond donors (Lipinski definition) is 2. The first-order valence-electron chi connectivity index (χ1n) is 10.4. The van der Waals surface area contributed by atoms with Gasteiger partial charge in [0.1, 0.15) is 11.6 Å². The number of nitrogens with one attached hydrogen (secondary N) is 2. The molecule has 1 heterocycles. The van der Waals surface area contributed by atoms with Crippen LogP contribution in [0.4, 0.5) is 10.5 Å². The molecule has 0 aliphatic carbocycles. The average molecular weight is 463 g/mol. The highest BCUT2D eigenvalue weighted by atomic mass is 32.2. The van der Waals surface area contributed by atoms with Gasteiger partial charge in [-0.3, -0.25) is 4.79 Å². The maximum atomic E-state index is 12.7. The Kier molecular flexibility index (Phi) is 7.90. The molecule has 2 N–H and O–H groups in total. The lowest BCUT2D eigenvalue weighted by Gasteiger charge is -2.35. The molecular formula is C23H34N2O4SSi. The molecule has 1 aliphatic rings. The van der Waals surface area contributed by atoms with Crippen LogP contribution in [0.1, 0.15) is 47.1 Å². The Balaban J connectivity index is 2.10. The van der Waals surface area contributed by atoms with Crippen LogP contribution in [0.3, 0.4) is 0 Å². The van der Waals surface area contributed by atoms with Crippen molar-refractivity contribution in [3.8, 4) is 11.8 Å². The number of rotatable bonds is 3. The molecule has 0 saturated heterocycles. The van der Waals surface area contributed by atoms with Gasteiger partial charge in [0.2, 0.25) is 5.91 Å². The Morgan fingerprint density at radius 1 is 1.26 bits per heavy atom. The molecule has 1 aromatic carbocycles. The minimum Gasteiger partial charge on any atom is -0.444 e. The molecule has 1 aliphatic heterocycles. The molecule has 1 aromatic rings. The molecule has 0 unspecified atom stereocenters. The minimum absolute atomic E-state index is 0.124. The van der Waals surface area contributed by atoms with Gasteiger partial charge in [-0.2, -0.15) is 0 Å². The number of thioether (sulfide) groups is 1. The maximum absolute atomic E-state index is 12.7. The number of amides is 2. The second kappa shape index (κ2) is 9.68. The van der Waals surface area contributed by atoms with Crippen LogP contribution >= 0.6 is 11.8 Å². The Morgan fingerprint density at radius 2 is 1.94 bits per heavy atom. The summed E-state index contributed by atoms with van der Waals surface area (Å²) in [5.41, 5.74) is 0.775. The molecule has 0 spiro atoms. The van der Waals surface area contributed by atoms with Crippen molar-refractivity contribution in [2.45, 2.75) is 76.2 Å². The van der Waals surface area contributed by atoms with Gasteiger partial charge in [-0.1, -0.05) is 38.7 Å². The number of carbonyl (C=O) groups excluding carboxylic acids is 2. The third kappa shape index (κ3) is 7.30. The summed E-state index contributed by atoms with van der Waals surface area (Å²) in [5, 5.41) is 5.71. The lowest BCUT2D eigenvalue weighted by Crippen LogP contribution is -2.46. The SMILES string of the molecule is CC(C)(C)OC(=O)N[C@H]1CSc2cccc(C#CCO[Si](C)(C)C(C)(C)C)c2NC1=O. The van der Waals surface area contributed by atoms with Gasteiger partial charge in [0.05, 0.1) is 12.3 Å². The quantitative estimate of drug-likeness (QED) is 0.488. The summed E-state index contributed by atoms with van der Waals surface area (Å²) in [7, 11) is -1.86. The van der Waals surface area contributed by atoms with E-state index in [1.165, 1.54) is 11.8 Å². The Morgan fingerprint density at radius 3 is 2.55 bits per heavy atom. The Labute approximate surface area is 191 Å². The van der Waals surface area contributed by atoms with Crippen LogP contribution in [-0.2, 0) is 14.0 Å². The van der Waals surface area contributed by atoms with Crippen molar-refractivity contribution >= 4 is 37.8 Å². The predicted octanol–water partition coefficient (Wildman–Crippen LogP) is 5.00. The van der Waals surface area contributed by atoms with Gasteiger partial charge in [0.25, 0.3) is 0 Å². The summed E-state index contributed by atoms with van der Waals surface area (Å²) in [6.45, 7) is 16.7. The van der Waals surface area contributed by atoms with Gasteiger partial charge in [-0.15, -0.1) is 11.8 Å². The van der Waals surface area contributed by atoms with Crippen LogP contribution in [-0.4, -0.2) is 44.3 Å². The van der Waals surface area contributed by atoms with E-state index in [9.17, 15) is 9.59 Å². The maximum Gasteiger partial charge on any atom is 0.408 e. The summed E-state index contributed by atoms with van der Waals surface area (Å²) in [6, 6.07) is 5.03. The fourth-order valence-electron chi connectivity index (χ4n) is 2.46. The molecule has 31 heavy (non-hydrogen) atoms. The van der Waals surface area contributed by atoms with Crippen molar-refractivity contribution in [2.24, 2.45) is 0 Å². The van der Waals surface area contributed by atoms with Gasteiger partial charge in [-0.25, -0.2) is 4.79 Å². The van der Waals surface area contributed by atoms with Crippen molar-refractivity contribution in [1.29, 1.82) is 0 Å². The van der Waals surface area contributed by atoms with Crippen LogP contribution in [0.25, 0.3) is 0 Å². The summed E-state index contributed by atoms with van der Waals surface area (Å²) in [5.74, 6) is 6.35. The van der Waals surface area contributed by atoms with Gasteiger partial charge >= 0.3 is 6.09 Å². The zero-order valence-electron chi connectivity index (χ0n) is 19.8. The van der Waals surface area contributed by atoms with Crippen LogP contribution in [0.2, 0.25) is 18.1 Å². The van der Waals surface area contributed by atoms with Crippen molar-refractivity contribution in [3.63, 3.8) is 0 Å². The normalized spacial score (nSPS) is 16.9. The first-order valence-corrected chi connectivity index (χ1v) is 14.3. The largest absolute Gasteiger partial charge is 0.444 e. The van der Waals surface area contributed by atoms with E-state index in [0.29, 0.717) is 18.0 Å². The molecule has 8 heteroatoms. The molecular weight excluding hydrogens is 428 g/mol. The van der Waals surface area contributed by atoms with Crippen molar-refractivity contribution in [1.82, 2.24) is 5.32 Å². The van der Waals surface area contributed by atoms with Crippen LogP contribution < -0.4 is 10.6 Å². The molecule has 0 fully saturated rings. The van der Waals surface area contributed by atoms with Gasteiger partial charge < -0.3 is 19.8 Å². The number of benzene rings is 1. The van der Waals surface area contributed by atoms with Gasteiger partial charge in [-0.05, 0) is 51.0 Å². The second-order valence-corrected chi connectivity index (χ2v) is 15.9. The summed E-state index contributed by atoms with van der Waals surface area (Å²) < 4.78 is 11.4. The first-order chi connectivity index (χ1) is 14.2.